The number of hydrogen-bond acceptors (Lipinski definition) is 3. The second-order valence-electron chi connectivity index (χ2n) is 5.79. The summed E-state index contributed by atoms with van der Waals surface area (Å²) in [5, 5.41) is 13.1. The van der Waals surface area contributed by atoms with Crippen LogP contribution in [0.1, 0.15) is 50.6 Å². The van der Waals surface area contributed by atoms with Crippen LogP contribution in [0.15, 0.2) is 18.2 Å². The van der Waals surface area contributed by atoms with Crippen molar-refractivity contribution >= 4 is 5.91 Å². The van der Waals surface area contributed by atoms with E-state index in [0.29, 0.717) is 12.8 Å². The van der Waals surface area contributed by atoms with Crippen molar-refractivity contribution in [2.24, 2.45) is 0 Å². The maximum absolute atomic E-state index is 13.4. The van der Waals surface area contributed by atoms with Gasteiger partial charge in [-0.1, -0.05) is 18.9 Å². The molecule has 21 heavy (non-hydrogen) atoms. The number of benzene rings is 1. The van der Waals surface area contributed by atoms with Crippen LogP contribution < -0.4 is 10.1 Å². The number of carbonyl (C=O) groups excluding carboxylic acids is 1. The van der Waals surface area contributed by atoms with Crippen molar-refractivity contribution in [3.05, 3.63) is 29.6 Å². The molecule has 116 valence electrons. The Balaban J connectivity index is 1.97. The second-order valence-corrected chi connectivity index (χ2v) is 5.79. The molecule has 0 radical (unpaired) electrons. The molecular formula is C16H22FNO3. The Kier molecular flexibility index (Phi) is 4.83. The molecule has 0 spiro atoms. The van der Waals surface area contributed by atoms with Crippen LogP contribution >= 0.6 is 0 Å². The molecule has 5 heteroatoms. The Morgan fingerprint density at radius 2 is 2.14 bits per heavy atom. The van der Waals surface area contributed by atoms with E-state index in [4.69, 9.17) is 4.74 Å². The van der Waals surface area contributed by atoms with Gasteiger partial charge in [0.2, 0.25) is 5.91 Å². The van der Waals surface area contributed by atoms with Gasteiger partial charge in [0.25, 0.3) is 0 Å². The molecule has 2 N–H and O–H groups in total. The van der Waals surface area contributed by atoms with Crippen molar-refractivity contribution in [1.82, 2.24) is 5.32 Å². The number of hydrogen-bond donors (Lipinski definition) is 2. The molecule has 1 fully saturated rings. The maximum Gasteiger partial charge on any atom is 0.223 e. The average molecular weight is 295 g/mol. The Hall–Kier alpha value is -1.62. The molecule has 1 amide bonds. The lowest BCUT2D eigenvalue weighted by Crippen LogP contribution is -2.35. The van der Waals surface area contributed by atoms with E-state index in [2.05, 4.69) is 5.32 Å². The molecule has 1 aliphatic carbocycles. The second kappa shape index (κ2) is 6.43. The van der Waals surface area contributed by atoms with Gasteiger partial charge in [-0.05, 0) is 37.5 Å². The number of nitrogens with one attached hydrogen (secondary N) is 1. The van der Waals surface area contributed by atoms with Gasteiger partial charge >= 0.3 is 0 Å². The predicted octanol–water partition coefficient (Wildman–Crippen LogP) is 2.71. The first kappa shape index (κ1) is 15.8. The van der Waals surface area contributed by atoms with Crippen LogP contribution in [0.2, 0.25) is 0 Å². The van der Waals surface area contributed by atoms with Gasteiger partial charge < -0.3 is 15.2 Å². The largest absolute Gasteiger partial charge is 0.494 e. The molecule has 1 unspecified atom stereocenters. The molecule has 0 saturated heterocycles. The number of ether oxygens (including phenoxy) is 1. The molecule has 0 aromatic heterocycles. The molecule has 0 heterocycles. The fraction of sp³-hybridized carbons (Fsp3) is 0.562. The molecule has 4 nitrogen and oxygen atoms in total. The molecule has 1 aromatic carbocycles. The number of amides is 1. The van der Waals surface area contributed by atoms with Crippen LogP contribution in [-0.2, 0) is 4.79 Å². The SMILES string of the molecule is COc1cc(C(C)NC(=O)CC2(O)CCCC2)ccc1F. The van der Waals surface area contributed by atoms with Gasteiger partial charge in [-0.3, -0.25) is 4.79 Å². The van der Waals surface area contributed by atoms with Crippen LogP contribution in [0.25, 0.3) is 0 Å². The first-order chi connectivity index (χ1) is 9.93. The Morgan fingerprint density at radius 3 is 2.76 bits per heavy atom. The Morgan fingerprint density at radius 1 is 1.48 bits per heavy atom. The number of methoxy groups -OCH3 is 1. The third kappa shape index (κ3) is 3.94. The fourth-order valence-corrected chi connectivity index (χ4v) is 2.83. The third-order valence-corrected chi connectivity index (χ3v) is 4.08. The highest BCUT2D eigenvalue weighted by molar-refractivity contribution is 5.77. The first-order valence-electron chi connectivity index (χ1n) is 7.29. The normalized spacial score (nSPS) is 18.3. The van der Waals surface area contributed by atoms with Gasteiger partial charge in [0.05, 0.1) is 25.2 Å². The number of carbonyl (C=O) groups is 1. The number of rotatable bonds is 5. The van der Waals surface area contributed by atoms with Crippen molar-refractivity contribution in [1.29, 1.82) is 0 Å². The average Bonchev–Trinajstić information content (AvgIpc) is 2.85. The highest BCUT2D eigenvalue weighted by Gasteiger charge is 2.33. The van der Waals surface area contributed by atoms with Gasteiger partial charge in [0.15, 0.2) is 11.6 Å². The maximum atomic E-state index is 13.4. The molecule has 0 aliphatic heterocycles. The molecular weight excluding hydrogens is 273 g/mol. The van der Waals surface area contributed by atoms with Gasteiger partial charge in [-0.2, -0.15) is 0 Å². The van der Waals surface area contributed by atoms with E-state index in [0.717, 1.165) is 18.4 Å². The highest BCUT2D eigenvalue weighted by atomic mass is 19.1. The summed E-state index contributed by atoms with van der Waals surface area (Å²) in [7, 11) is 1.40. The lowest BCUT2D eigenvalue weighted by atomic mass is 9.97. The minimum absolute atomic E-state index is 0.121. The summed E-state index contributed by atoms with van der Waals surface area (Å²) in [6, 6.07) is 4.25. The van der Waals surface area contributed by atoms with Crippen molar-refractivity contribution in [3.8, 4) is 5.75 Å². The summed E-state index contributed by atoms with van der Waals surface area (Å²) >= 11 is 0. The standard InChI is InChI=1S/C16H22FNO3/c1-11(12-5-6-13(17)14(9-12)21-2)18-15(19)10-16(20)7-3-4-8-16/h5-6,9,11,20H,3-4,7-8,10H2,1-2H3,(H,18,19). The van der Waals surface area contributed by atoms with E-state index < -0.39 is 11.4 Å². The van der Waals surface area contributed by atoms with E-state index in [-0.39, 0.29) is 24.1 Å². The van der Waals surface area contributed by atoms with E-state index >= 15 is 0 Å². The topological polar surface area (TPSA) is 58.6 Å². The minimum Gasteiger partial charge on any atom is -0.494 e. The van der Waals surface area contributed by atoms with E-state index in [1.165, 1.54) is 13.2 Å². The van der Waals surface area contributed by atoms with Crippen LogP contribution in [-0.4, -0.2) is 23.7 Å². The summed E-state index contributed by atoms with van der Waals surface area (Å²) in [5.74, 6) is -0.460. The zero-order chi connectivity index (χ0) is 15.5. The Bertz CT molecular complexity index is 512. The molecule has 2 rings (SSSR count). The van der Waals surface area contributed by atoms with Crippen LogP contribution in [0.3, 0.4) is 0 Å². The monoisotopic (exact) mass is 295 g/mol. The number of halogens is 1. The lowest BCUT2D eigenvalue weighted by molar-refractivity contribution is -0.126. The molecule has 1 aromatic rings. The van der Waals surface area contributed by atoms with E-state index in [1.807, 2.05) is 6.92 Å². The summed E-state index contributed by atoms with van der Waals surface area (Å²) in [5.41, 5.74) is -0.0930. The zero-order valence-electron chi connectivity index (χ0n) is 12.5. The zero-order valence-corrected chi connectivity index (χ0v) is 12.5. The van der Waals surface area contributed by atoms with Crippen molar-refractivity contribution < 1.29 is 19.0 Å². The Labute approximate surface area is 124 Å². The van der Waals surface area contributed by atoms with Crippen molar-refractivity contribution in [2.75, 3.05) is 7.11 Å². The molecule has 0 bridgehead atoms. The van der Waals surface area contributed by atoms with E-state index in [9.17, 15) is 14.3 Å². The van der Waals surface area contributed by atoms with Gasteiger partial charge in [0.1, 0.15) is 0 Å². The summed E-state index contributed by atoms with van der Waals surface area (Å²) in [6.45, 7) is 1.82. The van der Waals surface area contributed by atoms with E-state index in [1.54, 1.807) is 12.1 Å². The molecule has 1 aliphatic rings. The molecule has 1 saturated carbocycles. The molecule has 1 atom stereocenters. The highest BCUT2D eigenvalue weighted by Crippen LogP contribution is 2.32. The minimum atomic E-state index is -0.857. The summed E-state index contributed by atoms with van der Waals surface area (Å²) < 4.78 is 18.3. The van der Waals surface area contributed by atoms with Crippen LogP contribution in [0.4, 0.5) is 4.39 Å². The smallest absolute Gasteiger partial charge is 0.223 e. The van der Waals surface area contributed by atoms with Crippen molar-refractivity contribution in [3.63, 3.8) is 0 Å². The van der Waals surface area contributed by atoms with Crippen molar-refractivity contribution in [2.45, 2.75) is 50.7 Å². The third-order valence-electron chi connectivity index (χ3n) is 4.08. The lowest BCUT2D eigenvalue weighted by Gasteiger charge is -2.23. The summed E-state index contributed by atoms with van der Waals surface area (Å²) in [6.07, 6.45) is 3.41. The number of aliphatic hydroxyl groups is 1. The van der Waals surface area contributed by atoms with Crippen LogP contribution in [0, 0.1) is 5.82 Å². The quantitative estimate of drug-likeness (QED) is 0.878. The predicted molar refractivity (Wildman–Crippen MR) is 77.5 cm³/mol. The van der Waals surface area contributed by atoms with Gasteiger partial charge in [-0.25, -0.2) is 4.39 Å². The van der Waals surface area contributed by atoms with Gasteiger partial charge in [-0.15, -0.1) is 0 Å². The van der Waals surface area contributed by atoms with Crippen LogP contribution in [0.5, 0.6) is 5.75 Å². The van der Waals surface area contributed by atoms with Gasteiger partial charge in [0, 0.05) is 0 Å². The fourth-order valence-electron chi connectivity index (χ4n) is 2.83. The first-order valence-corrected chi connectivity index (χ1v) is 7.29. The summed E-state index contributed by atoms with van der Waals surface area (Å²) in [4.78, 5) is 12.0.